The smallest absolute Gasteiger partial charge is 0.317 e. The molecule has 0 saturated carbocycles. The van der Waals surface area contributed by atoms with E-state index in [4.69, 9.17) is 0 Å². The summed E-state index contributed by atoms with van der Waals surface area (Å²) in [6.45, 7) is 4.06. The third-order valence-electron chi connectivity index (χ3n) is 3.94. The third kappa shape index (κ3) is 3.94. The van der Waals surface area contributed by atoms with Crippen molar-refractivity contribution in [1.82, 2.24) is 19.8 Å². The van der Waals surface area contributed by atoms with Crippen LogP contribution in [0.2, 0.25) is 0 Å². The molecule has 2 amide bonds. The van der Waals surface area contributed by atoms with Crippen LogP contribution in [0.1, 0.15) is 17.1 Å². The second-order valence-electron chi connectivity index (χ2n) is 5.87. The van der Waals surface area contributed by atoms with Crippen molar-refractivity contribution in [1.29, 1.82) is 0 Å². The van der Waals surface area contributed by atoms with Gasteiger partial charge in [-0.15, -0.1) is 11.3 Å². The molecule has 0 radical (unpaired) electrons. The highest BCUT2D eigenvalue weighted by atomic mass is 32.1. The number of hydrogen-bond donors (Lipinski definition) is 1. The average molecular weight is 342 g/mol. The summed E-state index contributed by atoms with van der Waals surface area (Å²) in [5.74, 6) is 0. The summed E-state index contributed by atoms with van der Waals surface area (Å²) < 4.78 is 2.23. The Balaban J connectivity index is 1.43. The van der Waals surface area contributed by atoms with Crippen LogP contribution in [-0.2, 0) is 13.1 Å². The van der Waals surface area contributed by atoms with Crippen LogP contribution >= 0.6 is 11.3 Å². The van der Waals surface area contributed by atoms with E-state index in [9.17, 15) is 4.79 Å². The molecule has 126 valence electrons. The summed E-state index contributed by atoms with van der Waals surface area (Å²) in [6.07, 6.45) is 3.00. The van der Waals surface area contributed by atoms with Crippen LogP contribution in [0.15, 0.2) is 41.9 Å². The van der Waals surface area contributed by atoms with Gasteiger partial charge >= 0.3 is 6.03 Å². The molecule has 24 heavy (non-hydrogen) atoms. The molecule has 0 saturated heterocycles. The fourth-order valence-electron chi connectivity index (χ4n) is 2.71. The molecule has 1 N–H and O–H groups in total. The number of aromatic nitrogens is 2. The molecule has 3 aromatic rings. The lowest BCUT2D eigenvalue weighted by atomic mass is 10.2. The van der Waals surface area contributed by atoms with Crippen molar-refractivity contribution < 1.29 is 4.79 Å². The minimum absolute atomic E-state index is 0.0574. The van der Waals surface area contributed by atoms with E-state index in [2.05, 4.69) is 45.3 Å². The Labute approximate surface area is 145 Å². The molecule has 0 atom stereocenters. The van der Waals surface area contributed by atoms with Crippen LogP contribution < -0.4 is 5.32 Å². The SMILES string of the molecule is Cc1nc(CN(C)C(=O)NCCCn2ccc3ccccc32)cs1. The molecule has 0 unspecified atom stereocenters. The van der Waals surface area contributed by atoms with Gasteiger partial charge < -0.3 is 14.8 Å². The highest BCUT2D eigenvalue weighted by molar-refractivity contribution is 7.09. The standard InChI is InChI=1S/C18H22N4OS/c1-14-20-16(13-24-14)12-21(2)18(23)19-9-5-10-22-11-8-15-6-3-4-7-17(15)22/h3-4,6-8,11,13H,5,9-10,12H2,1-2H3,(H,19,23). The van der Waals surface area contributed by atoms with Crippen molar-refractivity contribution in [2.45, 2.75) is 26.4 Å². The maximum absolute atomic E-state index is 12.1. The number of urea groups is 1. The minimum atomic E-state index is -0.0574. The summed E-state index contributed by atoms with van der Waals surface area (Å²) >= 11 is 1.61. The van der Waals surface area contributed by atoms with Gasteiger partial charge in [-0.05, 0) is 30.9 Å². The first-order chi connectivity index (χ1) is 11.6. The Kier molecular flexibility index (Phi) is 5.15. The van der Waals surface area contributed by atoms with Crippen molar-refractivity contribution in [2.75, 3.05) is 13.6 Å². The Morgan fingerprint density at radius 2 is 2.17 bits per heavy atom. The number of nitrogens with one attached hydrogen (secondary N) is 1. The Bertz CT molecular complexity index is 823. The van der Waals surface area contributed by atoms with Gasteiger partial charge in [-0.2, -0.15) is 0 Å². The summed E-state index contributed by atoms with van der Waals surface area (Å²) in [7, 11) is 1.80. The molecule has 0 fully saturated rings. The summed E-state index contributed by atoms with van der Waals surface area (Å²) in [5.41, 5.74) is 2.17. The predicted octanol–water partition coefficient (Wildman–Crippen LogP) is 3.64. The van der Waals surface area contributed by atoms with Crippen molar-refractivity contribution >= 4 is 28.3 Å². The molecule has 3 rings (SSSR count). The lowest BCUT2D eigenvalue weighted by molar-refractivity contribution is 0.206. The third-order valence-corrected chi connectivity index (χ3v) is 4.77. The molecule has 0 bridgehead atoms. The summed E-state index contributed by atoms with van der Waals surface area (Å²) in [4.78, 5) is 18.2. The Morgan fingerprint density at radius 1 is 1.33 bits per heavy atom. The van der Waals surface area contributed by atoms with Gasteiger partial charge in [-0.25, -0.2) is 9.78 Å². The fraction of sp³-hybridized carbons (Fsp3) is 0.333. The quantitative estimate of drug-likeness (QED) is 0.695. The Hall–Kier alpha value is -2.34. The highest BCUT2D eigenvalue weighted by Gasteiger charge is 2.10. The molecule has 0 aliphatic rings. The monoisotopic (exact) mass is 342 g/mol. The molecule has 0 aliphatic heterocycles. The molecular formula is C18H22N4OS. The van der Waals surface area contributed by atoms with Crippen LogP contribution in [-0.4, -0.2) is 34.1 Å². The first-order valence-corrected chi connectivity index (χ1v) is 8.95. The number of aryl methyl sites for hydroxylation is 2. The number of benzene rings is 1. The maximum atomic E-state index is 12.1. The number of carbonyl (C=O) groups is 1. The van der Waals surface area contributed by atoms with Gasteiger partial charge in [0.05, 0.1) is 17.2 Å². The molecule has 2 aromatic heterocycles. The molecule has 5 nitrogen and oxygen atoms in total. The van der Waals surface area contributed by atoms with Crippen LogP contribution in [0, 0.1) is 6.92 Å². The summed E-state index contributed by atoms with van der Waals surface area (Å²) in [5, 5.41) is 7.24. The predicted molar refractivity (Wildman–Crippen MR) is 98.3 cm³/mol. The van der Waals surface area contributed by atoms with Crippen molar-refractivity contribution in [2.24, 2.45) is 0 Å². The highest BCUT2D eigenvalue weighted by Crippen LogP contribution is 2.15. The zero-order valence-electron chi connectivity index (χ0n) is 14.0. The fourth-order valence-corrected chi connectivity index (χ4v) is 3.31. The normalized spacial score (nSPS) is 10.9. The maximum Gasteiger partial charge on any atom is 0.317 e. The van der Waals surface area contributed by atoms with E-state index in [1.165, 1.54) is 10.9 Å². The lowest BCUT2D eigenvalue weighted by Crippen LogP contribution is -2.37. The number of fused-ring (bicyclic) bond motifs is 1. The van der Waals surface area contributed by atoms with E-state index in [0.29, 0.717) is 13.1 Å². The second-order valence-corrected chi connectivity index (χ2v) is 6.93. The van der Waals surface area contributed by atoms with Crippen molar-refractivity contribution in [3.8, 4) is 0 Å². The first-order valence-electron chi connectivity index (χ1n) is 8.07. The van der Waals surface area contributed by atoms with Gasteiger partial charge in [0.1, 0.15) is 0 Å². The molecule has 2 heterocycles. The van der Waals surface area contributed by atoms with Gasteiger partial charge in [-0.3, -0.25) is 0 Å². The van der Waals surface area contributed by atoms with E-state index >= 15 is 0 Å². The summed E-state index contributed by atoms with van der Waals surface area (Å²) in [6, 6.07) is 10.4. The van der Waals surface area contributed by atoms with Gasteiger partial charge in [0.25, 0.3) is 0 Å². The number of thiazole rings is 1. The van der Waals surface area contributed by atoms with Gasteiger partial charge in [0, 0.05) is 37.2 Å². The number of rotatable bonds is 6. The topological polar surface area (TPSA) is 50.2 Å². The Morgan fingerprint density at radius 3 is 2.96 bits per heavy atom. The largest absolute Gasteiger partial charge is 0.347 e. The van der Waals surface area contributed by atoms with Crippen LogP contribution in [0.4, 0.5) is 4.79 Å². The van der Waals surface area contributed by atoms with E-state index in [0.717, 1.165) is 23.7 Å². The number of amides is 2. The lowest BCUT2D eigenvalue weighted by Gasteiger charge is -2.17. The van der Waals surface area contributed by atoms with Crippen LogP contribution in [0.3, 0.4) is 0 Å². The first kappa shape index (κ1) is 16.5. The average Bonchev–Trinajstić information content (AvgIpc) is 3.17. The number of para-hydroxylation sites is 1. The molecule has 6 heteroatoms. The zero-order chi connectivity index (χ0) is 16.9. The van der Waals surface area contributed by atoms with E-state index in [1.54, 1.807) is 23.3 Å². The van der Waals surface area contributed by atoms with E-state index in [-0.39, 0.29) is 6.03 Å². The molecular weight excluding hydrogens is 320 g/mol. The van der Waals surface area contributed by atoms with Gasteiger partial charge in [0.2, 0.25) is 0 Å². The van der Waals surface area contributed by atoms with Crippen molar-refractivity contribution in [3.05, 3.63) is 52.6 Å². The van der Waals surface area contributed by atoms with Crippen LogP contribution in [0.25, 0.3) is 10.9 Å². The second kappa shape index (κ2) is 7.49. The van der Waals surface area contributed by atoms with E-state index in [1.807, 2.05) is 18.4 Å². The minimum Gasteiger partial charge on any atom is -0.347 e. The molecule has 0 aliphatic carbocycles. The van der Waals surface area contributed by atoms with Crippen LogP contribution in [0.5, 0.6) is 0 Å². The molecule has 1 aromatic carbocycles. The van der Waals surface area contributed by atoms with Crippen molar-refractivity contribution in [3.63, 3.8) is 0 Å². The molecule has 0 spiro atoms. The number of hydrogen-bond acceptors (Lipinski definition) is 3. The number of nitrogens with zero attached hydrogens (tertiary/aromatic N) is 3. The zero-order valence-corrected chi connectivity index (χ0v) is 14.8. The van der Waals surface area contributed by atoms with Gasteiger partial charge in [-0.1, -0.05) is 18.2 Å². The van der Waals surface area contributed by atoms with E-state index < -0.39 is 0 Å². The van der Waals surface area contributed by atoms with Gasteiger partial charge in [0.15, 0.2) is 0 Å². The number of carbonyl (C=O) groups excluding carboxylic acids is 1.